The van der Waals surface area contributed by atoms with E-state index in [0.29, 0.717) is 17.9 Å². The van der Waals surface area contributed by atoms with Crippen molar-refractivity contribution in [1.82, 2.24) is 4.90 Å². The van der Waals surface area contributed by atoms with Gasteiger partial charge in [-0.1, -0.05) is 29.8 Å². The number of piperidine rings is 1. The lowest BCUT2D eigenvalue weighted by Crippen LogP contribution is -2.43. The number of halogens is 1. The average molecular weight is 292 g/mol. The van der Waals surface area contributed by atoms with Crippen LogP contribution >= 0.6 is 15.9 Å². The number of nitrogens with zero attached hydrogens (tertiary/aromatic N) is 1. The summed E-state index contributed by atoms with van der Waals surface area (Å²) in [7, 11) is 0. The van der Waals surface area contributed by atoms with Crippen molar-refractivity contribution in [3.8, 4) is 0 Å². The molecule has 1 rings (SSSR count). The second-order valence-electron chi connectivity index (χ2n) is 5.24. The predicted octanol–water partition coefficient (Wildman–Crippen LogP) is 2.89. The molecule has 0 amide bonds. The first kappa shape index (κ1) is 14.5. The van der Waals surface area contributed by atoms with Crippen LogP contribution in [0.3, 0.4) is 0 Å². The first-order chi connectivity index (χ1) is 7.69. The molecule has 96 valence electrons. The second-order valence-corrected chi connectivity index (χ2v) is 5.80. The Bertz CT molecular complexity index is 178. The van der Waals surface area contributed by atoms with E-state index in [1.807, 2.05) is 0 Å². The van der Waals surface area contributed by atoms with Crippen molar-refractivity contribution in [1.29, 1.82) is 0 Å². The minimum atomic E-state index is 0.374. The average Bonchev–Trinajstić information content (AvgIpc) is 2.37. The smallest absolute Gasteiger partial charge is 0.0460 e. The molecule has 2 nitrogen and oxygen atoms in total. The highest BCUT2D eigenvalue weighted by Gasteiger charge is 2.29. The molecule has 1 aliphatic heterocycles. The highest BCUT2D eigenvalue weighted by Crippen LogP contribution is 2.31. The molecule has 3 heteroatoms. The summed E-state index contributed by atoms with van der Waals surface area (Å²) in [5.41, 5.74) is 0.450. The molecule has 0 bridgehead atoms. The molecule has 0 spiro atoms. The third-order valence-electron chi connectivity index (χ3n) is 4.31. The molecule has 1 N–H and O–H groups in total. The molecule has 0 radical (unpaired) electrons. The molecule has 1 fully saturated rings. The molecule has 1 aliphatic rings. The Labute approximate surface area is 109 Å². The van der Waals surface area contributed by atoms with Crippen LogP contribution in [0.15, 0.2) is 0 Å². The maximum Gasteiger partial charge on any atom is 0.0460 e. The zero-order valence-electron chi connectivity index (χ0n) is 10.7. The van der Waals surface area contributed by atoms with Crippen molar-refractivity contribution in [2.24, 2.45) is 11.3 Å². The van der Waals surface area contributed by atoms with Gasteiger partial charge >= 0.3 is 0 Å². The quantitative estimate of drug-likeness (QED) is 0.761. The summed E-state index contributed by atoms with van der Waals surface area (Å²) in [6.45, 7) is 8.51. The fraction of sp³-hybridized carbons (Fsp3) is 1.00. The van der Waals surface area contributed by atoms with E-state index in [-0.39, 0.29) is 0 Å². The minimum absolute atomic E-state index is 0.374. The Balaban J connectivity index is 2.42. The Kier molecular flexibility index (Phi) is 6.30. The van der Waals surface area contributed by atoms with Gasteiger partial charge in [0.05, 0.1) is 0 Å². The molecule has 1 saturated heterocycles. The fourth-order valence-electron chi connectivity index (χ4n) is 2.51. The van der Waals surface area contributed by atoms with Crippen LogP contribution in [0.4, 0.5) is 0 Å². The third-order valence-corrected chi connectivity index (χ3v) is 5.50. The second kappa shape index (κ2) is 6.97. The first-order valence-electron chi connectivity index (χ1n) is 6.59. The van der Waals surface area contributed by atoms with Crippen LogP contribution in [0.5, 0.6) is 0 Å². The normalized spacial score (nSPS) is 20.2. The Morgan fingerprint density at radius 1 is 1.25 bits per heavy atom. The van der Waals surface area contributed by atoms with Crippen molar-refractivity contribution in [3.63, 3.8) is 0 Å². The van der Waals surface area contributed by atoms with E-state index in [0.717, 1.165) is 5.33 Å². The van der Waals surface area contributed by atoms with Gasteiger partial charge in [-0.15, -0.1) is 0 Å². The molecule has 0 aromatic rings. The van der Waals surface area contributed by atoms with Crippen LogP contribution in [0.1, 0.15) is 39.5 Å². The Morgan fingerprint density at radius 3 is 2.19 bits per heavy atom. The van der Waals surface area contributed by atoms with E-state index in [1.165, 1.54) is 45.3 Å². The van der Waals surface area contributed by atoms with Crippen LogP contribution in [0.2, 0.25) is 0 Å². The van der Waals surface area contributed by atoms with Crippen molar-refractivity contribution in [2.75, 3.05) is 31.6 Å². The Morgan fingerprint density at radius 2 is 1.81 bits per heavy atom. The SMILES string of the molecule is CCC(CC)(CBr)CN1CCC(CO)CC1. The van der Waals surface area contributed by atoms with Gasteiger partial charge in [0.15, 0.2) is 0 Å². The largest absolute Gasteiger partial charge is 0.396 e. The van der Waals surface area contributed by atoms with Gasteiger partial charge in [0, 0.05) is 18.5 Å². The van der Waals surface area contributed by atoms with Gasteiger partial charge in [0.25, 0.3) is 0 Å². The van der Waals surface area contributed by atoms with Crippen molar-refractivity contribution in [3.05, 3.63) is 0 Å². The summed E-state index contributed by atoms with van der Waals surface area (Å²) < 4.78 is 0. The van der Waals surface area contributed by atoms with Gasteiger partial charge in [-0.05, 0) is 50.1 Å². The molecule has 0 atom stereocenters. The van der Waals surface area contributed by atoms with Crippen LogP contribution in [0.25, 0.3) is 0 Å². The number of likely N-dealkylation sites (tertiary alicyclic amines) is 1. The third kappa shape index (κ3) is 3.71. The van der Waals surface area contributed by atoms with Gasteiger partial charge in [-0.3, -0.25) is 0 Å². The number of hydrogen-bond acceptors (Lipinski definition) is 2. The van der Waals surface area contributed by atoms with Crippen molar-refractivity contribution >= 4 is 15.9 Å². The van der Waals surface area contributed by atoms with Crippen molar-refractivity contribution < 1.29 is 5.11 Å². The van der Waals surface area contributed by atoms with Gasteiger partial charge in [-0.2, -0.15) is 0 Å². The standard InChI is InChI=1S/C13H26BrNO/c1-3-13(4-2,10-14)11-15-7-5-12(9-16)6-8-15/h12,16H,3-11H2,1-2H3. The summed E-state index contributed by atoms with van der Waals surface area (Å²) in [6.07, 6.45) is 4.83. The van der Waals surface area contributed by atoms with Crippen LogP contribution < -0.4 is 0 Å². The summed E-state index contributed by atoms with van der Waals surface area (Å²) in [5.74, 6) is 0.554. The van der Waals surface area contributed by atoms with E-state index in [4.69, 9.17) is 5.11 Å². The first-order valence-corrected chi connectivity index (χ1v) is 7.71. The summed E-state index contributed by atoms with van der Waals surface area (Å²) in [5, 5.41) is 10.2. The fourth-order valence-corrected chi connectivity index (χ4v) is 3.48. The minimum Gasteiger partial charge on any atom is -0.396 e. The predicted molar refractivity (Wildman–Crippen MR) is 73.1 cm³/mol. The van der Waals surface area contributed by atoms with Gasteiger partial charge < -0.3 is 10.0 Å². The van der Waals surface area contributed by atoms with Crippen LogP contribution in [-0.4, -0.2) is 41.6 Å². The molecule has 0 aliphatic carbocycles. The van der Waals surface area contributed by atoms with E-state index in [2.05, 4.69) is 34.7 Å². The number of aliphatic hydroxyl groups is 1. The molecule has 0 aromatic heterocycles. The molecule has 16 heavy (non-hydrogen) atoms. The van der Waals surface area contributed by atoms with Crippen LogP contribution in [-0.2, 0) is 0 Å². The highest BCUT2D eigenvalue weighted by atomic mass is 79.9. The lowest BCUT2D eigenvalue weighted by atomic mass is 9.83. The number of hydrogen-bond donors (Lipinski definition) is 1. The van der Waals surface area contributed by atoms with E-state index < -0.39 is 0 Å². The number of alkyl halides is 1. The maximum absolute atomic E-state index is 9.12. The van der Waals surface area contributed by atoms with Gasteiger partial charge in [-0.25, -0.2) is 0 Å². The highest BCUT2D eigenvalue weighted by molar-refractivity contribution is 9.09. The van der Waals surface area contributed by atoms with Crippen molar-refractivity contribution in [2.45, 2.75) is 39.5 Å². The summed E-state index contributed by atoms with van der Waals surface area (Å²) in [4.78, 5) is 2.58. The lowest BCUT2D eigenvalue weighted by molar-refractivity contribution is 0.0934. The monoisotopic (exact) mass is 291 g/mol. The van der Waals surface area contributed by atoms with E-state index >= 15 is 0 Å². The topological polar surface area (TPSA) is 23.5 Å². The number of aliphatic hydroxyl groups excluding tert-OH is 1. The maximum atomic E-state index is 9.12. The molecular formula is C13H26BrNO. The molecule has 0 unspecified atom stereocenters. The molecule has 0 saturated carbocycles. The van der Waals surface area contributed by atoms with Gasteiger partial charge in [0.2, 0.25) is 0 Å². The number of rotatable bonds is 6. The van der Waals surface area contributed by atoms with Crippen LogP contribution in [0, 0.1) is 11.3 Å². The molecule has 0 aromatic carbocycles. The van der Waals surface area contributed by atoms with E-state index in [9.17, 15) is 0 Å². The molecule has 1 heterocycles. The lowest BCUT2D eigenvalue weighted by Gasteiger charge is -2.39. The molecular weight excluding hydrogens is 266 g/mol. The zero-order valence-corrected chi connectivity index (χ0v) is 12.3. The zero-order chi connectivity index (χ0) is 12.0. The Hall–Kier alpha value is 0.400. The van der Waals surface area contributed by atoms with Gasteiger partial charge in [0.1, 0.15) is 0 Å². The summed E-state index contributed by atoms with van der Waals surface area (Å²) in [6, 6.07) is 0. The summed E-state index contributed by atoms with van der Waals surface area (Å²) >= 11 is 3.68. The van der Waals surface area contributed by atoms with E-state index in [1.54, 1.807) is 0 Å².